The van der Waals surface area contributed by atoms with Crippen molar-refractivity contribution >= 4 is 22.3 Å². The Morgan fingerprint density at radius 3 is 2.40 bits per heavy atom. The Morgan fingerprint density at radius 1 is 0.971 bits per heavy atom. The Hall–Kier alpha value is -4.03. The van der Waals surface area contributed by atoms with Gasteiger partial charge in [-0.15, -0.1) is 0 Å². The van der Waals surface area contributed by atoms with Gasteiger partial charge in [0.15, 0.2) is 17.4 Å². The molecule has 6 heteroatoms. The van der Waals surface area contributed by atoms with Gasteiger partial charge in [0.25, 0.3) is 0 Å². The number of aromatic amines is 1. The number of rotatable bonds is 7. The quantitative estimate of drug-likeness (QED) is 0.265. The van der Waals surface area contributed by atoms with Crippen LogP contribution in [0.1, 0.15) is 23.1 Å². The second kappa shape index (κ2) is 10.1. The summed E-state index contributed by atoms with van der Waals surface area (Å²) in [6.07, 6.45) is 5.57. The topological polar surface area (TPSA) is 70.1 Å². The molecule has 1 aliphatic rings. The maximum atomic E-state index is 11.0. The van der Waals surface area contributed by atoms with Crippen LogP contribution >= 0.6 is 0 Å². The minimum Gasteiger partial charge on any atom is -0.494 e. The smallest absolute Gasteiger partial charge is 0.199 e. The van der Waals surface area contributed by atoms with Gasteiger partial charge in [-0.1, -0.05) is 54.6 Å². The molecule has 0 radical (unpaired) electrons. The van der Waals surface area contributed by atoms with Crippen molar-refractivity contribution in [2.75, 3.05) is 27.3 Å². The third kappa shape index (κ3) is 4.79. The Labute approximate surface area is 205 Å². The van der Waals surface area contributed by atoms with Crippen LogP contribution in [-0.4, -0.2) is 48.0 Å². The Morgan fingerprint density at radius 2 is 1.71 bits per heavy atom. The lowest BCUT2D eigenvalue weighted by atomic mass is 10.0. The van der Waals surface area contributed by atoms with Gasteiger partial charge in [0.05, 0.1) is 36.7 Å². The van der Waals surface area contributed by atoms with Gasteiger partial charge >= 0.3 is 0 Å². The highest BCUT2D eigenvalue weighted by Crippen LogP contribution is 2.38. The number of nitrogens with one attached hydrogen (secondary N) is 1. The van der Waals surface area contributed by atoms with Crippen molar-refractivity contribution in [3.63, 3.8) is 0 Å². The van der Waals surface area contributed by atoms with E-state index in [0.717, 1.165) is 48.2 Å². The van der Waals surface area contributed by atoms with Crippen LogP contribution in [0.2, 0.25) is 0 Å². The molecular formula is C29H29N3O3. The molecule has 5 rings (SSSR count). The van der Waals surface area contributed by atoms with Gasteiger partial charge in [-0.25, -0.2) is 4.99 Å². The highest BCUT2D eigenvalue weighted by molar-refractivity contribution is 6.22. The van der Waals surface area contributed by atoms with E-state index < -0.39 is 0 Å². The maximum absolute atomic E-state index is 11.0. The van der Waals surface area contributed by atoms with Gasteiger partial charge in [-0.3, -0.25) is 4.90 Å². The van der Waals surface area contributed by atoms with E-state index in [-0.39, 0.29) is 5.88 Å². The molecule has 3 aromatic carbocycles. The van der Waals surface area contributed by atoms with Crippen molar-refractivity contribution in [2.45, 2.75) is 13.0 Å². The molecule has 1 aliphatic heterocycles. The predicted octanol–water partition coefficient (Wildman–Crippen LogP) is 5.82. The molecule has 0 amide bonds. The molecule has 0 atom stereocenters. The molecule has 0 saturated carbocycles. The van der Waals surface area contributed by atoms with Gasteiger partial charge < -0.3 is 19.6 Å². The highest BCUT2D eigenvalue weighted by atomic mass is 16.5. The second-order valence-corrected chi connectivity index (χ2v) is 8.59. The molecule has 1 aromatic heterocycles. The molecule has 6 nitrogen and oxygen atoms in total. The Bertz CT molecular complexity index is 1370. The number of ether oxygens (including phenoxy) is 2. The van der Waals surface area contributed by atoms with Crippen LogP contribution in [0.4, 0.5) is 5.69 Å². The number of aromatic hydroxyl groups is 1. The summed E-state index contributed by atoms with van der Waals surface area (Å²) in [5, 5.41) is 11.8. The first kappa shape index (κ1) is 22.7. The van der Waals surface area contributed by atoms with E-state index in [9.17, 15) is 5.11 Å². The lowest BCUT2D eigenvalue weighted by molar-refractivity contribution is 0.291. The summed E-state index contributed by atoms with van der Waals surface area (Å²) in [6.45, 7) is 3.00. The van der Waals surface area contributed by atoms with Crippen LogP contribution in [0.3, 0.4) is 0 Å². The monoisotopic (exact) mass is 467 g/mol. The van der Waals surface area contributed by atoms with E-state index in [4.69, 9.17) is 14.5 Å². The molecule has 0 unspecified atom stereocenters. The average Bonchev–Trinajstić information content (AvgIpc) is 3.22. The average molecular weight is 468 g/mol. The minimum absolute atomic E-state index is 0.0488. The van der Waals surface area contributed by atoms with Crippen LogP contribution in [0.25, 0.3) is 10.9 Å². The minimum atomic E-state index is 0.0488. The van der Waals surface area contributed by atoms with E-state index in [2.05, 4.69) is 34.2 Å². The summed E-state index contributed by atoms with van der Waals surface area (Å²) in [7, 11) is 3.19. The van der Waals surface area contributed by atoms with E-state index in [1.807, 2.05) is 54.6 Å². The third-order valence-electron chi connectivity index (χ3n) is 6.29. The predicted molar refractivity (Wildman–Crippen MR) is 140 cm³/mol. The lowest BCUT2D eigenvalue weighted by Crippen LogP contribution is -2.26. The van der Waals surface area contributed by atoms with Crippen molar-refractivity contribution in [2.24, 2.45) is 4.99 Å². The zero-order valence-corrected chi connectivity index (χ0v) is 20.0. The largest absolute Gasteiger partial charge is 0.494 e. The van der Waals surface area contributed by atoms with Crippen molar-refractivity contribution in [3.8, 4) is 17.4 Å². The number of aliphatic imine (C=N–C) groups is 1. The normalized spacial score (nSPS) is 14.4. The number of benzene rings is 3. The number of methoxy groups -OCH3 is 2. The van der Waals surface area contributed by atoms with E-state index in [1.54, 1.807) is 14.2 Å². The molecule has 4 aromatic rings. The molecule has 35 heavy (non-hydrogen) atoms. The molecule has 0 bridgehead atoms. The lowest BCUT2D eigenvalue weighted by Gasteiger charge is -2.22. The molecule has 2 heterocycles. The van der Waals surface area contributed by atoms with Crippen LogP contribution in [-0.2, 0) is 6.54 Å². The molecule has 0 spiro atoms. The number of hydrogen-bond acceptors (Lipinski definition) is 5. The number of nitrogens with zero attached hydrogens (tertiary/aromatic N) is 2. The molecular weight excluding hydrogens is 438 g/mol. The first-order valence-corrected chi connectivity index (χ1v) is 11.7. The van der Waals surface area contributed by atoms with Crippen molar-refractivity contribution in [1.82, 2.24) is 9.88 Å². The van der Waals surface area contributed by atoms with Crippen LogP contribution in [0.15, 0.2) is 83.9 Å². The SMILES string of the molecule is COc1cc2[nH]c(O)c(C(=Nc3ccc(CN4CC=CCC4)cc3)c3ccccc3)c2cc1OC. The summed E-state index contributed by atoms with van der Waals surface area (Å²) >= 11 is 0. The fourth-order valence-electron chi connectivity index (χ4n) is 4.50. The first-order chi connectivity index (χ1) is 17.2. The van der Waals surface area contributed by atoms with Crippen molar-refractivity contribution in [1.29, 1.82) is 0 Å². The standard InChI is InChI=1S/C29H29N3O3/c1-34-25-17-23-24(18-26(25)35-2)31-29(33)27(23)28(21-9-5-3-6-10-21)30-22-13-11-20(12-14-22)19-32-15-7-4-8-16-32/h3-7,9-14,17-18,31,33H,8,15-16,19H2,1-2H3. The second-order valence-electron chi connectivity index (χ2n) is 8.59. The molecule has 0 aliphatic carbocycles. The number of fused-ring (bicyclic) bond motifs is 1. The van der Waals surface area contributed by atoms with E-state index >= 15 is 0 Å². The molecule has 0 saturated heterocycles. The van der Waals surface area contributed by atoms with Crippen molar-refractivity contribution < 1.29 is 14.6 Å². The van der Waals surface area contributed by atoms with E-state index in [0.29, 0.717) is 22.8 Å². The van der Waals surface area contributed by atoms with Crippen molar-refractivity contribution in [3.05, 3.63) is 95.6 Å². The summed E-state index contributed by atoms with van der Waals surface area (Å²) in [5.74, 6) is 1.23. The third-order valence-corrected chi connectivity index (χ3v) is 6.29. The summed E-state index contributed by atoms with van der Waals surface area (Å²) < 4.78 is 11.0. The van der Waals surface area contributed by atoms with Gasteiger partial charge in [-0.2, -0.15) is 0 Å². The Kier molecular flexibility index (Phi) is 6.55. The van der Waals surface area contributed by atoms with Gasteiger partial charge in [0.2, 0.25) is 0 Å². The van der Waals surface area contributed by atoms with Gasteiger partial charge in [0.1, 0.15) is 0 Å². The van der Waals surface area contributed by atoms with Crippen LogP contribution in [0.5, 0.6) is 17.4 Å². The first-order valence-electron chi connectivity index (χ1n) is 11.7. The summed E-state index contributed by atoms with van der Waals surface area (Å²) in [4.78, 5) is 10.5. The number of H-pyrrole nitrogens is 1. The fraction of sp³-hybridized carbons (Fsp3) is 0.207. The molecule has 0 fully saturated rings. The number of aromatic nitrogens is 1. The van der Waals surface area contributed by atoms with E-state index in [1.165, 1.54) is 5.56 Å². The summed E-state index contributed by atoms with van der Waals surface area (Å²) in [5.41, 5.74) is 5.02. The molecule has 178 valence electrons. The van der Waals surface area contributed by atoms with Crippen LogP contribution < -0.4 is 9.47 Å². The summed E-state index contributed by atoms with van der Waals surface area (Å²) in [6, 6.07) is 21.9. The molecule has 2 N–H and O–H groups in total. The maximum Gasteiger partial charge on any atom is 0.199 e. The van der Waals surface area contributed by atoms with Crippen LogP contribution in [0, 0.1) is 0 Å². The Balaban J connectivity index is 1.57. The zero-order valence-electron chi connectivity index (χ0n) is 20.0. The number of hydrogen-bond donors (Lipinski definition) is 2. The highest BCUT2D eigenvalue weighted by Gasteiger charge is 2.21. The van der Waals surface area contributed by atoms with Gasteiger partial charge in [-0.05, 0) is 30.2 Å². The zero-order chi connectivity index (χ0) is 24.2. The van der Waals surface area contributed by atoms with Gasteiger partial charge in [0, 0.05) is 36.7 Å². The fourth-order valence-corrected chi connectivity index (χ4v) is 4.50.